The van der Waals surface area contributed by atoms with Gasteiger partial charge in [0.2, 0.25) is 0 Å². The Labute approximate surface area is 145 Å². The topological polar surface area (TPSA) is 88.8 Å². The van der Waals surface area contributed by atoms with Crippen LogP contribution in [-0.4, -0.2) is 33.5 Å². The highest BCUT2D eigenvalue weighted by Crippen LogP contribution is 2.22. The highest BCUT2D eigenvalue weighted by atomic mass is 32.2. The molecule has 24 heavy (non-hydrogen) atoms. The third kappa shape index (κ3) is 3.41. The number of carbonyl (C=O) groups excluding carboxylic acids is 2. The first-order valence-corrected chi connectivity index (χ1v) is 8.30. The van der Waals surface area contributed by atoms with Crippen LogP contribution in [0.5, 0.6) is 5.75 Å². The van der Waals surface area contributed by atoms with E-state index in [2.05, 4.69) is 5.43 Å². The van der Waals surface area contributed by atoms with E-state index in [0.29, 0.717) is 15.7 Å². The zero-order chi connectivity index (χ0) is 17.3. The molecule has 1 aromatic heterocycles. The number of carbonyl (C=O) groups is 2. The molecule has 0 atom stereocenters. The van der Waals surface area contributed by atoms with Crippen molar-refractivity contribution in [1.82, 2.24) is 10.4 Å². The lowest BCUT2D eigenvalue weighted by Crippen LogP contribution is -2.46. The van der Waals surface area contributed by atoms with Crippen LogP contribution in [0.25, 0.3) is 11.0 Å². The van der Waals surface area contributed by atoms with Gasteiger partial charge in [-0.05, 0) is 24.6 Å². The summed E-state index contributed by atoms with van der Waals surface area (Å²) in [5.41, 5.74) is 3.11. The normalized spacial score (nSPS) is 14.3. The number of ether oxygens (including phenoxy) is 1. The van der Waals surface area contributed by atoms with Gasteiger partial charge in [0.05, 0.1) is 5.75 Å². The van der Waals surface area contributed by atoms with Gasteiger partial charge in [0, 0.05) is 17.5 Å². The Morgan fingerprint density at radius 1 is 1.42 bits per heavy atom. The van der Waals surface area contributed by atoms with Gasteiger partial charge in [-0.1, -0.05) is 24.0 Å². The van der Waals surface area contributed by atoms with E-state index < -0.39 is 11.5 Å². The molecule has 1 aliphatic rings. The van der Waals surface area contributed by atoms with Gasteiger partial charge in [0.25, 0.3) is 11.8 Å². The molecule has 9 heteroatoms. The van der Waals surface area contributed by atoms with Gasteiger partial charge < -0.3 is 9.15 Å². The van der Waals surface area contributed by atoms with Crippen molar-refractivity contribution in [2.45, 2.75) is 6.92 Å². The summed E-state index contributed by atoms with van der Waals surface area (Å²) in [5, 5.41) is 1.82. The van der Waals surface area contributed by atoms with Gasteiger partial charge in [-0.15, -0.1) is 0 Å². The second-order valence-corrected chi connectivity index (χ2v) is 6.62. The number of hydrazine groups is 1. The number of thiocarbonyl (C=S) groups is 1. The first-order valence-electron chi connectivity index (χ1n) is 6.90. The minimum Gasteiger partial charge on any atom is -0.484 e. The number of fused-ring (bicyclic) bond motifs is 1. The van der Waals surface area contributed by atoms with Crippen LogP contribution in [0.4, 0.5) is 0 Å². The number of nitrogens with one attached hydrogen (secondary N) is 1. The van der Waals surface area contributed by atoms with E-state index in [1.54, 1.807) is 25.1 Å². The molecule has 7 nitrogen and oxygen atoms in total. The molecule has 1 aromatic carbocycles. The molecular weight excluding hydrogens is 352 g/mol. The summed E-state index contributed by atoms with van der Waals surface area (Å²) >= 11 is 6.15. The van der Waals surface area contributed by atoms with E-state index >= 15 is 0 Å². The van der Waals surface area contributed by atoms with Crippen LogP contribution < -0.4 is 15.8 Å². The first kappa shape index (κ1) is 16.5. The molecular formula is C15H12N2O5S2. The molecule has 2 aromatic rings. The van der Waals surface area contributed by atoms with Crippen molar-refractivity contribution < 1.29 is 18.7 Å². The number of amides is 2. The molecule has 1 saturated heterocycles. The van der Waals surface area contributed by atoms with Crippen molar-refractivity contribution in [3.05, 3.63) is 40.2 Å². The predicted octanol–water partition coefficient (Wildman–Crippen LogP) is 1.37. The van der Waals surface area contributed by atoms with Crippen molar-refractivity contribution in [3.8, 4) is 5.75 Å². The SMILES string of the molecule is Cc1cc(=O)oc2cc(OCC(=O)NN3C(=O)CSC3=S)ccc12. The Kier molecular flexibility index (Phi) is 4.54. The smallest absolute Gasteiger partial charge is 0.336 e. The Morgan fingerprint density at radius 3 is 2.92 bits per heavy atom. The summed E-state index contributed by atoms with van der Waals surface area (Å²) in [7, 11) is 0. The van der Waals surface area contributed by atoms with Gasteiger partial charge in [-0.25, -0.2) is 9.80 Å². The summed E-state index contributed by atoms with van der Waals surface area (Å²) < 4.78 is 10.8. The Bertz CT molecular complexity index is 892. The Hall–Kier alpha value is -2.39. The van der Waals surface area contributed by atoms with Crippen LogP contribution in [0.15, 0.2) is 33.5 Å². The molecule has 0 aliphatic carbocycles. The van der Waals surface area contributed by atoms with Gasteiger partial charge in [-0.3, -0.25) is 15.0 Å². The highest BCUT2D eigenvalue weighted by Gasteiger charge is 2.28. The maximum Gasteiger partial charge on any atom is 0.336 e. The molecule has 1 fully saturated rings. The van der Waals surface area contributed by atoms with Crippen LogP contribution in [-0.2, 0) is 9.59 Å². The number of benzene rings is 1. The molecule has 0 bridgehead atoms. The zero-order valence-corrected chi connectivity index (χ0v) is 14.2. The lowest BCUT2D eigenvalue weighted by Gasteiger charge is -2.16. The van der Waals surface area contributed by atoms with Crippen LogP contribution in [0.3, 0.4) is 0 Å². The molecule has 0 spiro atoms. The second kappa shape index (κ2) is 6.62. The molecule has 0 radical (unpaired) electrons. The fourth-order valence-corrected chi connectivity index (χ4v) is 3.14. The van der Waals surface area contributed by atoms with Gasteiger partial charge in [0.15, 0.2) is 10.9 Å². The van der Waals surface area contributed by atoms with E-state index in [0.717, 1.165) is 16.0 Å². The molecule has 2 amide bonds. The Balaban J connectivity index is 1.67. The van der Waals surface area contributed by atoms with Crippen LogP contribution >= 0.6 is 24.0 Å². The number of rotatable bonds is 4. The van der Waals surface area contributed by atoms with E-state index in [1.807, 2.05) is 0 Å². The number of aryl methyl sites for hydroxylation is 1. The molecule has 1 aliphatic heterocycles. The molecule has 124 valence electrons. The summed E-state index contributed by atoms with van der Waals surface area (Å²) in [4.78, 5) is 34.8. The largest absolute Gasteiger partial charge is 0.484 e. The Morgan fingerprint density at radius 2 is 2.21 bits per heavy atom. The van der Waals surface area contributed by atoms with Crippen LogP contribution in [0.1, 0.15) is 5.56 Å². The number of nitrogens with zero attached hydrogens (tertiary/aromatic N) is 1. The van der Waals surface area contributed by atoms with Crippen molar-refractivity contribution in [2.75, 3.05) is 12.4 Å². The zero-order valence-electron chi connectivity index (χ0n) is 12.5. The van der Waals surface area contributed by atoms with Crippen LogP contribution in [0.2, 0.25) is 0 Å². The van der Waals surface area contributed by atoms with Crippen molar-refractivity contribution in [1.29, 1.82) is 0 Å². The fourth-order valence-electron chi connectivity index (χ4n) is 2.16. The minimum absolute atomic E-state index is 0.211. The number of hydrogen-bond donors (Lipinski definition) is 1. The first-order chi connectivity index (χ1) is 11.4. The van der Waals surface area contributed by atoms with E-state index in [9.17, 15) is 14.4 Å². The predicted molar refractivity (Wildman–Crippen MR) is 92.8 cm³/mol. The third-order valence-electron chi connectivity index (χ3n) is 3.28. The average molecular weight is 364 g/mol. The molecule has 2 heterocycles. The van der Waals surface area contributed by atoms with Gasteiger partial charge in [0.1, 0.15) is 11.3 Å². The van der Waals surface area contributed by atoms with Crippen molar-refractivity contribution in [2.24, 2.45) is 0 Å². The molecule has 0 unspecified atom stereocenters. The lowest BCUT2D eigenvalue weighted by molar-refractivity contribution is -0.135. The molecule has 1 N–H and O–H groups in total. The van der Waals surface area contributed by atoms with E-state index in [-0.39, 0.29) is 18.3 Å². The highest BCUT2D eigenvalue weighted by molar-refractivity contribution is 8.23. The maximum atomic E-state index is 11.9. The van der Waals surface area contributed by atoms with Gasteiger partial charge in [-0.2, -0.15) is 0 Å². The summed E-state index contributed by atoms with van der Waals surface area (Å²) in [6, 6.07) is 6.36. The van der Waals surface area contributed by atoms with Gasteiger partial charge >= 0.3 is 5.63 Å². The lowest BCUT2D eigenvalue weighted by atomic mass is 10.1. The van der Waals surface area contributed by atoms with Crippen LogP contribution in [0, 0.1) is 6.92 Å². The average Bonchev–Trinajstić information content (AvgIpc) is 2.84. The van der Waals surface area contributed by atoms with Crippen molar-refractivity contribution in [3.63, 3.8) is 0 Å². The third-order valence-corrected chi connectivity index (χ3v) is 4.64. The summed E-state index contributed by atoms with van der Waals surface area (Å²) in [6.07, 6.45) is 0. The number of hydrogen-bond acceptors (Lipinski definition) is 7. The summed E-state index contributed by atoms with van der Waals surface area (Å²) in [5.74, 6) is -0.209. The number of thioether (sulfide) groups is 1. The summed E-state index contributed by atoms with van der Waals surface area (Å²) in [6.45, 7) is 1.50. The molecule has 0 saturated carbocycles. The monoisotopic (exact) mass is 364 g/mol. The van der Waals surface area contributed by atoms with E-state index in [1.165, 1.54) is 17.8 Å². The maximum absolute atomic E-state index is 11.9. The van der Waals surface area contributed by atoms with E-state index in [4.69, 9.17) is 21.4 Å². The standard InChI is InChI=1S/C15H12N2O5S2/c1-8-4-14(20)22-11-5-9(2-3-10(8)11)21-6-12(18)16-17-13(19)7-24-15(17)23/h2-5H,6-7H2,1H3,(H,16,18). The fraction of sp³-hybridized carbons (Fsp3) is 0.200. The minimum atomic E-state index is -0.515. The second-order valence-electron chi connectivity index (χ2n) is 5.01. The molecule has 3 rings (SSSR count). The van der Waals surface area contributed by atoms with Crippen molar-refractivity contribution >= 4 is 51.1 Å². The quantitative estimate of drug-likeness (QED) is 0.647.